The molecule has 6 heteroatoms. The lowest BCUT2D eigenvalue weighted by molar-refractivity contribution is -0.111. The molecule has 2 aromatic carbocycles. The Balaban J connectivity index is 1.62. The fraction of sp³-hybridized carbons (Fsp3) is 0.200. The number of amides is 2. The predicted molar refractivity (Wildman–Crippen MR) is 103 cm³/mol. The summed E-state index contributed by atoms with van der Waals surface area (Å²) >= 11 is 6.06. The van der Waals surface area contributed by atoms with Crippen molar-refractivity contribution in [1.29, 1.82) is 0 Å². The van der Waals surface area contributed by atoms with Crippen molar-refractivity contribution in [2.75, 3.05) is 12.4 Å². The zero-order valence-corrected chi connectivity index (χ0v) is 15.0. The highest BCUT2D eigenvalue weighted by Gasteiger charge is 2.23. The molecule has 0 radical (unpaired) electrons. The SMILES string of the molecule is COc1ccc(C=CC(=O)Nc2cccc(C(=O)NC3CC3)c2)cc1Cl. The van der Waals surface area contributed by atoms with E-state index in [4.69, 9.17) is 16.3 Å². The van der Waals surface area contributed by atoms with Gasteiger partial charge in [-0.15, -0.1) is 0 Å². The van der Waals surface area contributed by atoms with E-state index in [-0.39, 0.29) is 11.8 Å². The van der Waals surface area contributed by atoms with Crippen LogP contribution in [0.15, 0.2) is 48.5 Å². The van der Waals surface area contributed by atoms with Crippen LogP contribution in [0.3, 0.4) is 0 Å². The number of nitrogens with one attached hydrogen (secondary N) is 2. The third kappa shape index (κ3) is 4.86. The molecule has 0 atom stereocenters. The standard InChI is InChI=1S/C20H19ClN2O3/c1-26-18-9-5-13(11-17(18)21)6-10-19(24)22-16-4-2-3-14(12-16)20(25)23-15-7-8-15/h2-6,9-12,15H,7-8H2,1H3,(H,22,24)(H,23,25). The van der Waals surface area contributed by atoms with Gasteiger partial charge < -0.3 is 15.4 Å². The summed E-state index contributed by atoms with van der Waals surface area (Å²) in [5.74, 6) is 0.165. The van der Waals surface area contributed by atoms with Crippen LogP contribution in [0.4, 0.5) is 5.69 Å². The van der Waals surface area contributed by atoms with Crippen LogP contribution in [0.1, 0.15) is 28.8 Å². The molecule has 2 amide bonds. The van der Waals surface area contributed by atoms with Crippen LogP contribution in [-0.2, 0) is 4.79 Å². The smallest absolute Gasteiger partial charge is 0.251 e. The highest BCUT2D eigenvalue weighted by molar-refractivity contribution is 6.32. The first-order valence-corrected chi connectivity index (χ1v) is 8.66. The maximum absolute atomic E-state index is 12.1. The Bertz CT molecular complexity index is 860. The molecule has 1 aliphatic rings. The molecule has 1 saturated carbocycles. The number of benzene rings is 2. The third-order valence-corrected chi connectivity index (χ3v) is 4.20. The molecule has 1 aliphatic carbocycles. The van der Waals surface area contributed by atoms with Gasteiger partial charge in [-0.05, 0) is 54.8 Å². The summed E-state index contributed by atoms with van der Waals surface area (Å²) in [7, 11) is 1.54. The van der Waals surface area contributed by atoms with Crippen LogP contribution in [0.2, 0.25) is 5.02 Å². The van der Waals surface area contributed by atoms with Crippen LogP contribution >= 0.6 is 11.6 Å². The fourth-order valence-corrected chi connectivity index (χ4v) is 2.64. The van der Waals surface area contributed by atoms with Crippen molar-refractivity contribution >= 4 is 35.2 Å². The van der Waals surface area contributed by atoms with E-state index in [1.54, 1.807) is 55.7 Å². The summed E-state index contributed by atoms with van der Waals surface area (Å²) in [6.45, 7) is 0. The minimum atomic E-state index is -0.295. The highest BCUT2D eigenvalue weighted by atomic mass is 35.5. The van der Waals surface area contributed by atoms with Gasteiger partial charge in [0.05, 0.1) is 12.1 Å². The van der Waals surface area contributed by atoms with Gasteiger partial charge in [0.1, 0.15) is 5.75 Å². The van der Waals surface area contributed by atoms with Crippen LogP contribution in [0, 0.1) is 0 Å². The highest BCUT2D eigenvalue weighted by Crippen LogP contribution is 2.25. The van der Waals surface area contributed by atoms with E-state index in [0.717, 1.165) is 18.4 Å². The van der Waals surface area contributed by atoms with Crippen molar-refractivity contribution in [2.24, 2.45) is 0 Å². The Morgan fingerprint density at radius 1 is 1.19 bits per heavy atom. The van der Waals surface area contributed by atoms with E-state index in [2.05, 4.69) is 10.6 Å². The number of methoxy groups -OCH3 is 1. The van der Waals surface area contributed by atoms with Gasteiger partial charge in [-0.1, -0.05) is 23.7 Å². The minimum absolute atomic E-state index is 0.119. The molecule has 0 aliphatic heterocycles. The molecule has 0 bridgehead atoms. The average molecular weight is 371 g/mol. The summed E-state index contributed by atoms with van der Waals surface area (Å²) < 4.78 is 5.09. The predicted octanol–water partition coefficient (Wildman–Crippen LogP) is 3.89. The zero-order valence-electron chi connectivity index (χ0n) is 14.3. The Morgan fingerprint density at radius 2 is 2.00 bits per heavy atom. The first-order valence-electron chi connectivity index (χ1n) is 8.28. The number of anilines is 1. The minimum Gasteiger partial charge on any atom is -0.495 e. The first kappa shape index (κ1) is 18.0. The summed E-state index contributed by atoms with van der Waals surface area (Å²) in [6, 6.07) is 12.4. The van der Waals surface area contributed by atoms with Crippen molar-refractivity contribution in [3.63, 3.8) is 0 Å². The second kappa shape index (κ2) is 8.06. The molecular formula is C20H19ClN2O3. The average Bonchev–Trinajstić information content (AvgIpc) is 3.44. The lowest BCUT2D eigenvalue weighted by Gasteiger charge is -2.06. The van der Waals surface area contributed by atoms with Gasteiger partial charge in [-0.25, -0.2) is 0 Å². The Kier molecular flexibility index (Phi) is 5.58. The topological polar surface area (TPSA) is 67.4 Å². The second-order valence-electron chi connectivity index (χ2n) is 6.05. The molecule has 1 fully saturated rings. The zero-order chi connectivity index (χ0) is 18.5. The van der Waals surface area contributed by atoms with E-state index in [0.29, 0.717) is 28.1 Å². The largest absolute Gasteiger partial charge is 0.495 e. The van der Waals surface area contributed by atoms with E-state index < -0.39 is 0 Å². The quantitative estimate of drug-likeness (QED) is 0.758. The summed E-state index contributed by atoms with van der Waals surface area (Å²) in [5.41, 5.74) is 1.87. The molecule has 134 valence electrons. The number of carbonyl (C=O) groups excluding carboxylic acids is 2. The van der Waals surface area contributed by atoms with Gasteiger partial charge in [-0.2, -0.15) is 0 Å². The molecule has 0 aromatic heterocycles. The van der Waals surface area contributed by atoms with Gasteiger partial charge in [0.2, 0.25) is 5.91 Å². The summed E-state index contributed by atoms with van der Waals surface area (Å²) in [4.78, 5) is 24.2. The molecule has 2 N–H and O–H groups in total. The normalized spacial score (nSPS) is 13.5. The third-order valence-electron chi connectivity index (χ3n) is 3.91. The van der Waals surface area contributed by atoms with Gasteiger partial charge in [0.25, 0.3) is 5.91 Å². The maximum Gasteiger partial charge on any atom is 0.251 e. The van der Waals surface area contributed by atoms with E-state index in [9.17, 15) is 9.59 Å². The molecular weight excluding hydrogens is 352 g/mol. The van der Waals surface area contributed by atoms with Gasteiger partial charge in [0.15, 0.2) is 0 Å². The van der Waals surface area contributed by atoms with Crippen LogP contribution in [0.25, 0.3) is 6.08 Å². The maximum atomic E-state index is 12.1. The van der Waals surface area contributed by atoms with E-state index in [1.807, 2.05) is 0 Å². The number of hydrogen-bond donors (Lipinski definition) is 2. The van der Waals surface area contributed by atoms with E-state index >= 15 is 0 Å². The Morgan fingerprint density at radius 3 is 2.69 bits per heavy atom. The van der Waals surface area contributed by atoms with Crippen LogP contribution < -0.4 is 15.4 Å². The molecule has 3 rings (SSSR count). The lowest BCUT2D eigenvalue weighted by atomic mass is 10.1. The molecule has 2 aromatic rings. The molecule has 26 heavy (non-hydrogen) atoms. The van der Waals surface area contributed by atoms with E-state index in [1.165, 1.54) is 6.08 Å². The molecule has 0 unspecified atom stereocenters. The van der Waals surface area contributed by atoms with Crippen molar-refractivity contribution in [3.05, 3.63) is 64.7 Å². The number of halogens is 1. The fourth-order valence-electron chi connectivity index (χ4n) is 2.38. The lowest BCUT2D eigenvalue weighted by Crippen LogP contribution is -2.25. The van der Waals surface area contributed by atoms with Crippen molar-refractivity contribution in [1.82, 2.24) is 5.32 Å². The van der Waals surface area contributed by atoms with Crippen LogP contribution in [0.5, 0.6) is 5.75 Å². The molecule has 0 saturated heterocycles. The van der Waals surface area contributed by atoms with Crippen LogP contribution in [-0.4, -0.2) is 25.0 Å². The molecule has 0 heterocycles. The number of hydrogen-bond acceptors (Lipinski definition) is 3. The first-order chi connectivity index (χ1) is 12.5. The molecule has 5 nitrogen and oxygen atoms in total. The van der Waals surface area contributed by atoms with Crippen molar-refractivity contribution < 1.29 is 14.3 Å². The van der Waals surface area contributed by atoms with Gasteiger partial charge >= 0.3 is 0 Å². The van der Waals surface area contributed by atoms with Crippen molar-refractivity contribution in [2.45, 2.75) is 18.9 Å². The molecule has 0 spiro atoms. The Labute approximate surface area is 157 Å². The Hall–Kier alpha value is -2.79. The second-order valence-corrected chi connectivity index (χ2v) is 6.45. The van der Waals surface area contributed by atoms with Crippen molar-refractivity contribution in [3.8, 4) is 5.75 Å². The van der Waals surface area contributed by atoms with Gasteiger partial charge in [0, 0.05) is 23.4 Å². The number of carbonyl (C=O) groups is 2. The number of rotatable bonds is 6. The summed E-state index contributed by atoms with van der Waals surface area (Å²) in [6.07, 6.45) is 5.13. The number of ether oxygens (including phenoxy) is 1. The van der Waals surface area contributed by atoms with Gasteiger partial charge in [-0.3, -0.25) is 9.59 Å². The monoisotopic (exact) mass is 370 g/mol. The summed E-state index contributed by atoms with van der Waals surface area (Å²) in [5, 5.41) is 6.15.